The molecule has 6 nitrogen and oxygen atoms in total. The molecular weight excluding hydrogens is 354 g/mol. The molecule has 0 bridgehead atoms. The molecule has 8 heteroatoms. The summed E-state index contributed by atoms with van der Waals surface area (Å²) in [5.74, 6) is 0.969. The van der Waals surface area contributed by atoms with Gasteiger partial charge in [-0.1, -0.05) is 41.3 Å². The van der Waals surface area contributed by atoms with Crippen LogP contribution in [0, 0.1) is 0 Å². The Kier molecular flexibility index (Phi) is 6.17. The van der Waals surface area contributed by atoms with Crippen molar-refractivity contribution in [3.8, 4) is 11.6 Å². The predicted molar refractivity (Wildman–Crippen MR) is 100 cm³/mol. The fraction of sp³-hybridized carbons (Fsp3) is 0.167. The molecule has 0 aliphatic carbocycles. The summed E-state index contributed by atoms with van der Waals surface area (Å²) in [7, 11) is 0.619. The van der Waals surface area contributed by atoms with Gasteiger partial charge in [-0.3, -0.25) is 0 Å². The van der Waals surface area contributed by atoms with Crippen LogP contribution in [0.2, 0.25) is 5.02 Å². The number of halogens is 1. The van der Waals surface area contributed by atoms with Crippen LogP contribution in [0.5, 0.6) is 11.6 Å². The molecule has 1 unspecified atom stereocenters. The Bertz CT molecular complexity index is 841. The van der Waals surface area contributed by atoms with Crippen molar-refractivity contribution in [2.75, 3.05) is 6.54 Å². The second kappa shape index (κ2) is 8.76. The molecule has 3 aromatic rings. The van der Waals surface area contributed by atoms with Gasteiger partial charge in [-0.15, -0.1) is 0 Å². The molecule has 0 fully saturated rings. The van der Waals surface area contributed by atoms with E-state index in [1.165, 1.54) is 6.07 Å². The van der Waals surface area contributed by atoms with Gasteiger partial charge in [-0.2, -0.15) is 0 Å². The summed E-state index contributed by atoms with van der Waals surface area (Å²) in [5.41, 5.74) is 1.85. The summed E-state index contributed by atoms with van der Waals surface area (Å²) in [6.45, 7) is 0.616. The molecular formula is C18H18BClN2O4. The molecule has 0 spiro atoms. The van der Waals surface area contributed by atoms with Crippen LogP contribution >= 0.6 is 11.6 Å². The lowest BCUT2D eigenvalue weighted by molar-refractivity contribution is 0.182. The van der Waals surface area contributed by atoms with Crippen LogP contribution in [0.1, 0.15) is 17.4 Å². The summed E-state index contributed by atoms with van der Waals surface area (Å²) in [5, 5.41) is 26.5. The minimum atomic E-state index is -0.616. The Hall–Kier alpha value is -2.48. The zero-order chi connectivity index (χ0) is 18.4. The van der Waals surface area contributed by atoms with Crippen molar-refractivity contribution in [3.63, 3.8) is 0 Å². The van der Waals surface area contributed by atoms with Gasteiger partial charge in [0.2, 0.25) is 7.41 Å². The molecule has 3 rings (SSSR count). The molecule has 1 atom stereocenters. The van der Waals surface area contributed by atoms with Gasteiger partial charge in [0.15, 0.2) is 5.76 Å². The average molecular weight is 373 g/mol. The Morgan fingerprint density at radius 3 is 2.69 bits per heavy atom. The van der Waals surface area contributed by atoms with Crippen molar-refractivity contribution >= 4 is 24.5 Å². The maximum atomic E-state index is 10.2. The third-order valence-electron chi connectivity index (χ3n) is 3.75. The van der Waals surface area contributed by atoms with Gasteiger partial charge in [0.05, 0.1) is 6.10 Å². The molecule has 0 saturated heterocycles. The van der Waals surface area contributed by atoms with Crippen molar-refractivity contribution < 1.29 is 19.5 Å². The van der Waals surface area contributed by atoms with Crippen LogP contribution in [-0.2, 0) is 6.61 Å². The number of nitrogens with one attached hydrogen (secondary N) is 1. The summed E-state index contributed by atoms with van der Waals surface area (Å²) in [4.78, 5) is 0. The van der Waals surface area contributed by atoms with Crippen molar-refractivity contribution in [2.24, 2.45) is 0 Å². The molecule has 0 aliphatic rings. The first-order valence-electron chi connectivity index (χ1n) is 8.11. The van der Waals surface area contributed by atoms with E-state index in [9.17, 15) is 5.11 Å². The molecule has 0 radical (unpaired) electrons. The standard InChI is InChI=1S/C18H18BClN2O4/c20-14-3-1-2-12(8-14)17(23)10-21-19-13-4-6-15(7-5-13)25-11-16-9-18(24)22-26-16/h1-9,17,19,21,23H,10-11H2,(H,22,24). The topological polar surface area (TPSA) is 87.8 Å². The van der Waals surface area contributed by atoms with E-state index in [2.05, 4.69) is 10.4 Å². The summed E-state index contributed by atoms with van der Waals surface area (Å²) in [6.07, 6.45) is -0.616. The predicted octanol–water partition coefficient (Wildman–Crippen LogP) is 1.91. The van der Waals surface area contributed by atoms with E-state index >= 15 is 0 Å². The van der Waals surface area contributed by atoms with E-state index in [0.717, 1.165) is 11.0 Å². The van der Waals surface area contributed by atoms with Crippen LogP contribution < -0.4 is 15.4 Å². The zero-order valence-corrected chi connectivity index (χ0v) is 14.7. The van der Waals surface area contributed by atoms with Crippen LogP contribution in [0.15, 0.2) is 59.1 Å². The minimum absolute atomic E-state index is 0.162. The van der Waals surface area contributed by atoms with Crippen molar-refractivity contribution in [3.05, 3.63) is 70.9 Å². The van der Waals surface area contributed by atoms with E-state index in [4.69, 9.17) is 26.0 Å². The third kappa shape index (κ3) is 5.26. The maximum Gasteiger partial charge on any atom is 0.251 e. The van der Waals surface area contributed by atoms with Crippen LogP contribution in [0.25, 0.3) is 0 Å². The SMILES string of the molecule is Oc1cc(COc2ccc(BNCC(O)c3cccc(Cl)c3)cc2)on1. The molecule has 0 aliphatic heterocycles. The number of hydrogen-bond donors (Lipinski definition) is 3. The fourth-order valence-electron chi connectivity index (χ4n) is 2.41. The molecule has 0 saturated carbocycles. The Labute approximate surface area is 156 Å². The van der Waals surface area contributed by atoms with Gasteiger partial charge in [0.25, 0.3) is 5.88 Å². The number of benzene rings is 2. The number of aliphatic hydroxyl groups excluding tert-OH is 1. The van der Waals surface area contributed by atoms with Gasteiger partial charge < -0.3 is 24.7 Å². The highest BCUT2D eigenvalue weighted by Crippen LogP contribution is 2.17. The third-order valence-corrected chi connectivity index (χ3v) is 3.99. The van der Waals surface area contributed by atoms with Crippen molar-refractivity contribution in [1.29, 1.82) is 0 Å². The minimum Gasteiger partial charge on any atom is -0.491 e. The normalized spacial score (nSPS) is 11.9. The first kappa shape index (κ1) is 18.3. The Morgan fingerprint density at radius 1 is 1.19 bits per heavy atom. The highest BCUT2D eigenvalue weighted by molar-refractivity contribution is 6.50. The van der Waals surface area contributed by atoms with Crippen molar-refractivity contribution in [2.45, 2.75) is 12.7 Å². The highest BCUT2D eigenvalue weighted by atomic mass is 35.5. The number of aromatic nitrogens is 1. The summed E-state index contributed by atoms with van der Waals surface area (Å²) >= 11 is 5.93. The zero-order valence-electron chi connectivity index (χ0n) is 13.9. The maximum absolute atomic E-state index is 10.2. The first-order valence-corrected chi connectivity index (χ1v) is 8.48. The second-order valence-corrected chi connectivity index (χ2v) is 6.22. The van der Waals surface area contributed by atoms with Crippen LogP contribution in [-0.4, -0.2) is 29.3 Å². The molecule has 1 heterocycles. The molecule has 3 N–H and O–H groups in total. The smallest absolute Gasteiger partial charge is 0.251 e. The lowest BCUT2D eigenvalue weighted by Gasteiger charge is -2.12. The Balaban J connectivity index is 1.44. The average Bonchev–Trinajstić information content (AvgIpc) is 3.06. The highest BCUT2D eigenvalue weighted by Gasteiger charge is 2.08. The van der Waals surface area contributed by atoms with Crippen LogP contribution in [0.4, 0.5) is 0 Å². The molecule has 26 heavy (non-hydrogen) atoms. The van der Waals surface area contributed by atoms with Gasteiger partial charge >= 0.3 is 0 Å². The van der Waals surface area contributed by atoms with Gasteiger partial charge in [-0.25, -0.2) is 0 Å². The van der Waals surface area contributed by atoms with E-state index in [1.54, 1.807) is 12.1 Å². The molecule has 0 amide bonds. The summed E-state index contributed by atoms with van der Waals surface area (Å²) in [6, 6.07) is 16.2. The quantitative estimate of drug-likeness (QED) is 0.524. The van der Waals surface area contributed by atoms with E-state index in [0.29, 0.717) is 30.5 Å². The largest absolute Gasteiger partial charge is 0.491 e. The van der Waals surface area contributed by atoms with E-state index in [1.807, 2.05) is 36.4 Å². The fourth-order valence-corrected chi connectivity index (χ4v) is 2.61. The Morgan fingerprint density at radius 2 is 2.00 bits per heavy atom. The number of rotatable bonds is 8. The van der Waals surface area contributed by atoms with E-state index in [-0.39, 0.29) is 12.5 Å². The number of nitrogens with zero attached hydrogens (tertiary/aromatic N) is 1. The van der Waals surface area contributed by atoms with Crippen molar-refractivity contribution in [1.82, 2.24) is 10.4 Å². The van der Waals surface area contributed by atoms with Gasteiger partial charge in [0, 0.05) is 17.6 Å². The second-order valence-electron chi connectivity index (χ2n) is 5.79. The molecule has 134 valence electrons. The van der Waals surface area contributed by atoms with Crippen LogP contribution in [0.3, 0.4) is 0 Å². The summed E-state index contributed by atoms with van der Waals surface area (Å²) < 4.78 is 10.4. The number of hydrogen-bond acceptors (Lipinski definition) is 6. The number of ether oxygens (including phenoxy) is 1. The van der Waals surface area contributed by atoms with Gasteiger partial charge in [0.1, 0.15) is 12.4 Å². The van der Waals surface area contributed by atoms with Gasteiger partial charge in [-0.05, 0) is 35.0 Å². The lowest BCUT2D eigenvalue weighted by atomic mass is 9.82. The molecule has 2 aromatic carbocycles. The number of aromatic hydroxyl groups is 1. The first-order chi connectivity index (χ1) is 12.6. The monoisotopic (exact) mass is 372 g/mol. The number of aliphatic hydroxyl groups is 1. The van der Waals surface area contributed by atoms with E-state index < -0.39 is 6.10 Å². The lowest BCUT2D eigenvalue weighted by Crippen LogP contribution is -2.33. The molecule has 1 aromatic heterocycles.